The van der Waals surface area contributed by atoms with Crippen LogP contribution in [0, 0.1) is 13.8 Å². The van der Waals surface area contributed by atoms with E-state index >= 15 is 0 Å². The van der Waals surface area contributed by atoms with Gasteiger partial charge in [-0.1, -0.05) is 42.0 Å². The van der Waals surface area contributed by atoms with Crippen molar-refractivity contribution in [3.05, 3.63) is 88.6 Å². The minimum Gasteiger partial charge on any atom is -0.324 e. The first-order chi connectivity index (χ1) is 15.0. The van der Waals surface area contributed by atoms with Crippen molar-refractivity contribution in [2.45, 2.75) is 20.4 Å². The van der Waals surface area contributed by atoms with Crippen LogP contribution in [0.25, 0.3) is 22.4 Å². The molecule has 0 saturated heterocycles. The van der Waals surface area contributed by atoms with E-state index in [2.05, 4.69) is 15.5 Å². The summed E-state index contributed by atoms with van der Waals surface area (Å²) in [5.74, 6) is -0.319. The smallest absolute Gasteiger partial charge is 0.324 e. The van der Waals surface area contributed by atoms with Gasteiger partial charge in [0.15, 0.2) is 5.65 Å². The van der Waals surface area contributed by atoms with E-state index in [1.807, 2.05) is 62.4 Å². The molecule has 154 valence electrons. The molecule has 1 amide bonds. The molecule has 3 aromatic heterocycles. The van der Waals surface area contributed by atoms with E-state index in [-0.39, 0.29) is 18.1 Å². The Morgan fingerprint density at radius 3 is 2.55 bits per heavy atom. The molecular weight excluding hydrogens is 392 g/mol. The van der Waals surface area contributed by atoms with Crippen LogP contribution in [0.2, 0.25) is 0 Å². The lowest BCUT2D eigenvalue weighted by Crippen LogP contribution is -2.28. The number of nitrogens with one attached hydrogen (secondary N) is 1. The van der Waals surface area contributed by atoms with Gasteiger partial charge in [-0.3, -0.25) is 4.79 Å². The van der Waals surface area contributed by atoms with Crippen LogP contribution in [0.4, 0.5) is 5.69 Å². The number of amides is 1. The standard InChI is InChI=1S/C23H20N6O2/c1-15-6-8-17(9-7-15)19-13-20-22-26-29(23(31)27(22)10-11-28(20)25-19)14-21(30)24-18-5-3-4-16(2)12-18/h3-13H,14H2,1-2H3,(H,24,30). The second kappa shape index (κ2) is 7.24. The van der Waals surface area contributed by atoms with Crippen LogP contribution in [-0.2, 0) is 11.3 Å². The van der Waals surface area contributed by atoms with Gasteiger partial charge in [0.2, 0.25) is 5.91 Å². The van der Waals surface area contributed by atoms with Crippen LogP contribution in [0.1, 0.15) is 11.1 Å². The number of rotatable bonds is 4. The van der Waals surface area contributed by atoms with Gasteiger partial charge in [0.1, 0.15) is 12.1 Å². The molecule has 0 aliphatic rings. The van der Waals surface area contributed by atoms with Crippen molar-refractivity contribution in [2.24, 2.45) is 0 Å². The summed E-state index contributed by atoms with van der Waals surface area (Å²) in [6.07, 6.45) is 3.32. The SMILES string of the molecule is Cc1ccc(-c2cc3c4nn(CC(=O)Nc5cccc(C)c5)c(=O)n4ccn3n2)cc1. The molecule has 31 heavy (non-hydrogen) atoms. The lowest BCUT2D eigenvalue weighted by atomic mass is 10.1. The maximum Gasteiger partial charge on any atom is 0.350 e. The quantitative estimate of drug-likeness (QED) is 0.492. The number of anilines is 1. The van der Waals surface area contributed by atoms with Crippen LogP contribution < -0.4 is 11.0 Å². The predicted molar refractivity (Wildman–Crippen MR) is 118 cm³/mol. The highest BCUT2D eigenvalue weighted by Gasteiger charge is 2.15. The average Bonchev–Trinajstić information content (AvgIpc) is 3.30. The molecule has 0 spiro atoms. The molecule has 1 N–H and O–H groups in total. The highest BCUT2D eigenvalue weighted by atomic mass is 16.2. The molecule has 5 aromatic rings. The minimum atomic E-state index is -0.380. The molecular formula is C23H20N6O2. The molecule has 2 aromatic carbocycles. The van der Waals surface area contributed by atoms with E-state index < -0.39 is 0 Å². The molecule has 3 heterocycles. The van der Waals surface area contributed by atoms with E-state index in [1.54, 1.807) is 23.0 Å². The molecule has 8 heteroatoms. The second-order valence-corrected chi connectivity index (χ2v) is 7.58. The van der Waals surface area contributed by atoms with Crippen LogP contribution in [0.15, 0.2) is 71.8 Å². The Balaban J connectivity index is 1.49. The van der Waals surface area contributed by atoms with Gasteiger partial charge in [-0.05, 0) is 37.6 Å². The van der Waals surface area contributed by atoms with Crippen LogP contribution >= 0.6 is 0 Å². The molecule has 0 bridgehead atoms. The highest BCUT2D eigenvalue weighted by molar-refractivity contribution is 5.90. The third-order valence-electron chi connectivity index (χ3n) is 5.13. The number of hydrogen-bond donors (Lipinski definition) is 1. The maximum atomic E-state index is 12.8. The first-order valence-corrected chi connectivity index (χ1v) is 9.89. The summed E-state index contributed by atoms with van der Waals surface area (Å²) in [7, 11) is 0. The van der Waals surface area contributed by atoms with Crippen LogP contribution in [0.5, 0.6) is 0 Å². The van der Waals surface area contributed by atoms with Crippen molar-refractivity contribution in [3.63, 3.8) is 0 Å². The number of carbonyl (C=O) groups excluding carboxylic acids is 1. The molecule has 0 aliphatic heterocycles. The van der Waals surface area contributed by atoms with Gasteiger partial charge in [-0.25, -0.2) is 18.4 Å². The molecule has 0 saturated carbocycles. The Kier molecular flexibility index (Phi) is 4.39. The Bertz CT molecular complexity index is 1490. The summed E-state index contributed by atoms with van der Waals surface area (Å²) >= 11 is 0. The third kappa shape index (κ3) is 3.48. The average molecular weight is 412 g/mol. The Morgan fingerprint density at radius 2 is 1.77 bits per heavy atom. The van der Waals surface area contributed by atoms with Gasteiger partial charge in [0.25, 0.3) is 0 Å². The van der Waals surface area contributed by atoms with Crippen molar-refractivity contribution in [3.8, 4) is 11.3 Å². The van der Waals surface area contributed by atoms with E-state index in [1.165, 1.54) is 14.6 Å². The zero-order valence-electron chi connectivity index (χ0n) is 17.1. The summed E-state index contributed by atoms with van der Waals surface area (Å²) in [6.45, 7) is 3.80. The normalized spacial score (nSPS) is 11.3. The zero-order valence-corrected chi connectivity index (χ0v) is 17.1. The molecule has 0 atom stereocenters. The van der Waals surface area contributed by atoms with E-state index in [4.69, 9.17) is 0 Å². The monoisotopic (exact) mass is 412 g/mol. The summed E-state index contributed by atoms with van der Waals surface area (Å²) in [5.41, 5.74) is 5.41. The largest absolute Gasteiger partial charge is 0.350 e. The number of nitrogens with zero attached hydrogens (tertiary/aromatic N) is 5. The molecule has 0 unspecified atom stereocenters. The van der Waals surface area contributed by atoms with E-state index in [0.717, 1.165) is 16.8 Å². The zero-order chi connectivity index (χ0) is 21.5. The van der Waals surface area contributed by atoms with Crippen molar-refractivity contribution in [1.82, 2.24) is 23.8 Å². The fourth-order valence-electron chi connectivity index (χ4n) is 3.56. The van der Waals surface area contributed by atoms with Crippen molar-refractivity contribution < 1.29 is 4.79 Å². The van der Waals surface area contributed by atoms with Crippen molar-refractivity contribution >= 4 is 22.8 Å². The van der Waals surface area contributed by atoms with E-state index in [0.29, 0.717) is 16.9 Å². The fourth-order valence-corrected chi connectivity index (χ4v) is 3.56. The van der Waals surface area contributed by atoms with Gasteiger partial charge in [0, 0.05) is 23.6 Å². The number of aryl methyl sites for hydroxylation is 2. The molecule has 0 aliphatic carbocycles. The summed E-state index contributed by atoms with van der Waals surface area (Å²) < 4.78 is 4.28. The summed E-state index contributed by atoms with van der Waals surface area (Å²) in [5, 5.41) is 11.8. The second-order valence-electron chi connectivity index (χ2n) is 7.58. The Morgan fingerprint density at radius 1 is 0.968 bits per heavy atom. The first kappa shape index (κ1) is 18.8. The molecule has 0 radical (unpaired) electrons. The van der Waals surface area contributed by atoms with Gasteiger partial charge in [-0.2, -0.15) is 5.10 Å². The van der Waals surface area contributed by atoms with Gasteiger partial charge in [0.05, 0.1) is 5.69 Å². The van der Waals surface area contributed by atoms with Gasteiger partial charge >= 0.3 is 5.69 Å². The molecule has 0 fully saturated rings. The maximum absolute atomic E-state index is 12.8. The van der Waals surface area contributed by atoms with E-state index in [9.17, 15) is 9.59 Å². The topological polar surface area (TPSA) is 85.7 Å². The first-order valence-electron chi connectivity index (χ1n) is 9.89. The number of hydrogen-bond acceptors (Lipinski definition) is 4. The van der Waals surface area contributed by atoms with Crippen molar-refractivity contribution in [2.75, 3.05) is 5.32 Å². The molecule has 8 nitrogen and oxygen atoms in total. The Hall–Kier alpha value is -4.20. The highest BCUT2D eigenvalue weighted by Crippen LogP contribution is 2.21. The van der Waals surface area contributed by atoms with Gasteiger partial charge in [-0.15, -0.1) is 5.10 Å². The lowest BCUT2D eigenvalue weighted by molar-refractivity contribution is -0.117. The number of aromatic nitrogens is 5. The number of fused-ring (bicyclic) bond motifs is 3. The third-order valence-corrected chi connectivity index (χ3v) is 5.13. The van der Waals surface area contributed by atoms with Crippen LogP contribution in [0.3, 0.4) is 0 Å². The number of carbonyl (C=O) groups is 1. The molecule has 5 rings (SSSR count). The summed E-state index contributed by atoms with van der Waals surface area (Å²) in [6, 6.07) is 17.5. The fraction of sp³-hybridized carbons (Fsp3) is 0.130. The minimum absolute atomic E-state index is 0.181. The number of benzene rings is 2. The van der Waals surface area contributed by atoms with Crippen molar-refractivity contribution in [1.29, 1.82) is 0 Å². The van der Waals surface area contributed by atoms with Crippen LogP contribution in [-0.4, -0.2) is 29.7 Å². The summed E-state index contributed by atoms with van der Waals surface area (Å²) in [4.78, 5) is 25.2. The lowest BCUT2D eigenvalue weighted by Gasteiger charge is -2.05. The van der Waals surface area contributed by atoms with Gasteiger partial charge < -0.3 is 5.32 Å². The predicted octanol–water partition coefficient (Wildman–Crippen LogP) is 3.07. The Labute approximate surface area is 177 Å².